The van der Waals surface area contributed by atoms with Crippen LogP contribution in [0.5, 0.6) is 5.75 Å². The molecule has 0 saturated heterocycles. The average molecular weight is 538 g/mol. The number of esters is 1. The number of hydrogen-bond donors (Lipinski definition) is 3. The third-order valence-corrected chi connectivity index (χ3v) is 5.65. The number of nitrogens with zero attached hydrogens (tertiary/aromatic N) is 5. The molecule has 0 aliphatic heterocycles. The van der Waals surface area contributed by atoms with E-state index in [1.54, 1.807) is 29.2 Å². The van der Waals surface area contributed by atoms with Crippen LogP contribution in [0.15, 0.2) is 30.6 Å². The summed E-state index contributed by atoms with van der Waals surface area (Å²) < 4.78 is 12.6. The summed E-state index contributed by atoms with van der Waals surface area (Å²) in [7, 11) is 1.48. The number of carboxylic acid groups (broad SMARTS) is 1. The number of para-hydroxylation sites is 1. The monoisotopic (exact) mass is 537 g/mol. The lowest BCUT2D eigenvalue weighted by Gasteiger charge is -2.19. The molecule has 0 unspecified atom stereocenters. The lowest BCUT2D eigenvalue weighted by Crippen LogP contribution is -2.23. The molecule has 1 saturated carbocycles. The van der Waals surface area contributed by atoms with Crippen LogP contribution in [0.2, 0.25) is 0 Å². The first-order valence-corrected chi connectivity index (χ1v) is 12.5. The van der Waals surface area contributed by atoms with Gasteiger partial charge >= 0.3 is 11.9 Å². The van der Waals surface area contributed by atoms with Crippen molar-refractivity contribution in [2.24, 2.45) is 5.92 Å². The number of hydrogen-bond acceptors (Lipinski definition) is 10. The van der Waals surface area contributed by atoms with Crippen molar-refractivity contribution < 1.29 is 29.0 Å². The number of methoxy groups -OCH3 is 1. The Balaban J connectivity index is 1.52. The highest BCUT2D eigenvalue weighted by Gasteiger charge is 2.30. The highest BCUT2D eigenvalue weighted by molar-refractivity contribution is 5.96. The Morgan fingerprint density at radius 3 is 2.59 bits per heavy atom. The fourth-order valence-corrected chi connectivity index (χ4v) is 3.76. The number of aromatic nitrogens is 5. The normalized spacial score (nSPS) is 13.0. The van der Waals surface area contributed by atoms with Crippen molar-refractivity contribution in [1.82, 2.24) is 25.0 Å². The van der Waals surface area contributed by atoms with Gasteiger partial charge in [-0.15, -0.1) is 10.2 Å². The zero-order chi connectivity index (χ0) is 28.2. The predicted octanol–water partition coefficient (Wildman–Crippen LogP) is 3.66. The molecule has 4 rings (SSSR count). The SMILES string of the molecule is COc1c(Nc2cc(NC(=O)C3CC3)nnc2C(=O)O)cccc1-c1ncn(CCCC(=O)OC(C)(C)C)n1. The molecule has 0 radical (unpaired) electrons. The van der Waals surface area contributed by atoms with E-state index in [2.05, 4.69) is 30.9 Å². The van der Waals surface area contributed by atoms with Crippen LogP contribution in [0.3, 0.4) is 0 Å². The number of aromatic carboxylic acids is 1. The summed E-state index contributed by atoms with van der Waals surface area (Å²) in [5, 5.41) is 27.4. The number of benzene rings is 1. The second-order valence-electron chi connectivity index (χ2n) is 10.1. The van der Waals surface area contributed by atoms with E-state index in [4.69, 9.17) is 9.47 Å². The molecule has 0 atom stereocenters. The first-order valence-electron chi connectivity index (χ1n) is 12.5. The Labute approximate surface area is 224 Å². The van der Waals surface area contributed by atoms with Crippen LogP contribution in [-0.4, -0.2) is 60.6 Å². The maximum atomic E-state index is 12.1. The summed E-state index contributed by atoms with van der Waals surface area (Å²) in [5.74, 6) is -0.884. The molecule has 0 spiro atoms. The van der Waals surface area contributed by atoms with E-state index in [1.807, 2.05) is 20.8 Å². The number of carbonyl (C=O) groups is 3. The Morgan fingerprint density at radius 1 is 1.15 bits per heavy atom. The average Bonchev–Trinajstić information content (AvgIpc) is 3.61. The summed E-state index contributed by atoms with van der Waals surface area (Å²) in [6, 6.07) is 6.64. The second-order valence-corrected chi connectivity index (χ2v) is 10.1. The Morgan fingerprint density at radius 2 is 1.92 bits per heavy atom. The van der Waals surface area contributed by atoms with Crippen LogP contribution in [0, 0.1) is 5.92 Å². The van der Waals surface area contributed by atoms with Gasteiger partial charge in [-0.25, -0.2) is 9.78 Å². The van der Waals surface area contributed by atoms with Crippen molar-refractivity contribution in [1.29, 1.82) is 0 Å². The summed E-state index contributed by atoms with van der Waals surface area (Å²) in [4.78, 5) is 40.3. The van der Waals surface area contributed by atoms with Gasteiger partial charge in [0.25, 0.3) is 0 Å². The van der Waals surface area contributed by atoms with Crippen LogP contribution in [-0.2, 0) is 20.9 Å². The molecule has 2 heterocycles. The van der Waals surface area contributed by atoms with Gasteiger partial charge in [0, 0.05) is 24.9 Å². The van der Waals surface area contributed by atoms with Gasteiger partial charge in [0.2, 0.25) is 5.91 Å². The standard InChI is InChI=1S/C26H31N7O6/c1-26(2,3)39-20(34)9-6-12-33-14-27-23(32-33)16-7-5-8-17(22(16)38-4)28-18-13-19(29-24(35)15-10-11-15)30-31-21(18)25(36)37/h5,7-8,13-15H,6,9-12H2,1-4H3,(H,36,37)(H2,28,29,30,35). The van der Waals surface area contributed by atoms with Gasteiger partial charge in [0.15, 0.2) is 23.1 Å². The maximum Gasteiger partial charge on any atom is 0.358 e. The molecule has 1 amide bonds. The van der Waals surface area contributed by atoms with Gasteiger partial charge in [-0.1, -0.05) is 6.07 Å². The predicted molar refractivity (Wildman–Crippen MR) is 141 cm³/mol. The molecule has 3 N–H and O–H groups in total. The number of aryl methyl sites for hydroxylation is 1. The molecule has 13 heteroatoms. The first kappa shape index (κ1) is 27.5. The molecule has 206 valence electrons. The molecule has 1 aromatic carbocycles. The molecule has 39 heavy (non-hydrogen) atoms. The number of carboxylic acids is 1. The van der Waals surface area contributed by atoms with Crippen molar-refractivity contribution >= 4 is 35.0 Å². The van der Waals surface area contributed by atoms with Gasteiger partial charge in [-0.2, -0.15) is 5.10 Å². The minimum absolute atomic E-state index is 0.0521. The fraction of sp³-hybridized carbons (Fsp3) is 0.423. The number of rotatable bonds is 11. The number of ether oxygens (including phenoxy) is 2. The highest BCUT2D eigenvalue weighted by Crippen LogP contribution is 2.37. The van der Waals surface area contributed by atoms with Crippen molar-refractivity contribution in [2.45, 2.75) is 58.6 Å². The Kier molecular flexibility index (Phi) is 8.07. The summed E-state index contributed by atoms with van der Waals surface area (Å²) in [6.45, 7) is 5.94. The van der Waals surface area contributed by atoms with Gasteiger partial charge in [0.1, 0.15) is 11.9 Å². The van der Waals surface area contributed by atoms with Crippen molar-refractivity contribution in [3.63, 3.8) is 0 Å². The van der Waals surface area contributed by atoms with Crippen molar-refractivity contribution in [3.05, 3.63) is 36.3 Å². The first-order chi connectivity index (χ1) is 18.5. The summed E-state index contributed by atoms with van der Waals surface area (Å²) in [5.41, 5.74) is 0.274. The van der Waals surface area contributed by atoms with E-state index in [9.17, 15) is 19.5 Å². The Hall–Kier alpha value is -4.55. The second kappa shape index (κ2) is 11.5. The quantitative estimate of drug-likeness (QED) is 0.305. The topological polar surface area (TPSA) is 170 Å². The van der Waals surface area contributed by atoms with E-state index in [-0.39, 0.29) is 41.4 Å². The molecule has 1 aliphatic rings. The van der Waals surface area contributed by atoms with Gasteiger partial charge in [-0.3, -0.25) is 14.3 Å². The van der Waals surface area contributed by atoms with Crippen molar-refractivity contribution in [2.75, 3.05) is 17.7 Å². The number of carbonyl (C=O) groups excluding carboxylic acids is 2. The smallest absolute Gasteiger partial charge is 0.358 e. The van der Waals surface area contributed by atoms with Crippen LogP contribution in [0.4, 0.5) is 17.2 Å². The van der Waals surface area contributed by atoms with E-state index in [1.165, 1.54) is 13.2 Å². The summed E-state index contributed by atoms with van der Waals surface area (Å²) >= 11 is 0. The number of anilines is 3. The minimum atomic E-state index is -1.29. The van der Waals surface area contributed by atoms with E-state index in [0.29, 0.717) is 35.8 Å². The molecular formula is C26H31N7O6. The zero-order valence-electron chi connectivity index (χ0n) is 22.2. The zero-order valence-corrected chi connectivity index (χ0v) is 22.2. The molecule has 3 aromatic rings. The molecule has 2 aromatic heterocycles. The molecule has 13 nitrogen and oxygen atoms in total. The van der Waals surface area contributed by atoms with E-state index >= 15 is 0 Å². The summed E-state index contributed by atoms with van der Waals surface area (Å²) in [6.07, 6.45) is 3.98. The molecule has 0 bridgehead atoms. The molecule has 1 aliphatic carbocycles. The molecule has 1 fully saturated rings. The third kappa shape index (κ3) is 7.27. The Bertz CT molecular complexity index is 1380. The van der Waals surface area contributed by atoms with Gasteiger partial charge in [0.05, 0.1) is 24.0 Å². The molecular weight excluding hydrogens is 506 g/mol. The van der Waals surface area contributed by atoms with Crippen LogP contribution in [0.25, 0.3) is 11.4 Å². The lowest BCUT2D eigenvalue weighted by atomic mass is 10.1. The largest absolute Gasteiger partial charge is 0.494 e. The maximum absolute atomic E-state index is 12.1. The number of amides is 1. The highest BCUT2D eigenvalue weighted by atomic mass is 16.6. The van der Waals surface area contributed by atoms with Gasteiger partial charge in [-0.05, 0) is 52.2 Å². The fourth-order valence-electron chi connectivity index (χ4n) is 3.76. The van der Waals surface area contributed by atoms with Crippen LogP contribution in [0.1, 0.15) is 56.9 Å². The lowest BCUT2D eigenvalue weighted by molar-refractivity contribution is -0.155. The van der Waals surface area contributed by atoms with Crippen LogP contribution >= 0.6 is 0 Å². The third-order valence-electron chi connectivity index (χ3n) is 5.65. The van der Waals surface area contributed by atoms with E-state index < -0.39 is 11.6 Å². The number of nitrogens with one attached hydrogen (secondary N) is 2. The minimum Gasteiger partial charge on any atom is -0.494 e. The van der Waals surface area contributed by atoms with E-state index in [0.717, 1.165) is 12.8 Å². The van der Waals surface area contributed by atoms with Crippen molar-refractivity contribution in [3.8, 4) is 17.1 Å². The van der Waals surface area contributed by atoms with Crippen LogP contribution < -0.4 is 15.4 Å². The van der Waals surface area contributed by atoms with Gasteiger partial charge < -0.3 is 25.2 Å².